The fourth-order valence-electron chi connectivity index (χ4n) is 4.18. The normalized spacial score (nSPS) is 26.9. The van der Waals surface area contributed by atoms with Gasteiger partial charge in [-0.15, -0.1) is 0 Å². The van der Waals surface area contributed by atoms with Crippen LogP contribution in [0.2, 0.25) is 0 Å². The average Bonchev–Trinajstić information content (AvgIpc) is 2.97. The zero-order valence-corrected chi connectivity index (χ0v) is 14.7. The van der Waals surface area contributed by atoms with E-state index in [4.69, 9.17) is 0 Å². The van der Waals surface area contributed by atoms with Gasteiger partial charge in [0.05, 0.1) is 6.10 Å². The highest BCUT2D eigenvalue weighted by Gasteiger charge is 2.30. The van der Waals surface area contributed by atoms with Crippen molar-refractivity contribution in [1.29, 1.82) is 0 Å². The van der Waals surface area contributed by atoms with Crippen LogP contribution in [0.1, 0.15) is 24.8 Å². The largest absolute Gasteiger partial charge is 0.396 e. The second-order valence-electron chi connectivity index (χ2n) is 7.60. The van der Waals surface area contributed by atoms with E-state index in [1.807, 2.05) is 0 Å². The van der Waals surface area contributed by atoms with Gasteiger partial charge in [0.25, 0.3) is 0 Å². The Morgan fingerprint density at radius 1 is 0.958 bits per heavy atom. The molecule has 0 bridgehead atoms. The molecule has 2 fully saturated rings. The molecule has 4 nitrogen and oxygen atoms in total. The molecule has 2 aliphatic rings. The van der Waals surface area contributed by atoms with Crippen LogP contribution in [0.5, 0.6) is 0 Å². The first kappa shape index (κ1) is 17.9. The van der Waals surface area contributed by atoms with Crippen molar-refractivity contribution in [2.24, 2.45) is 11.8 Å². The lowest BCUT2D eigenvalue weighted by Crippen LogP contribution is -2.36. The van der Waals surface area contributed by atoms with Gasteiger partial charge in [-0.1, -0.05) is 30.3 Å². The molecule has 1 aromatic rings. The maximum atomic E-state index is 9.85. The van der Waals surface area contributed by atoms with Gasteiger partial charge in [-0.2, -0.15) is 0 Å². The van der Waals surface area contributed by atoms with Crippen LogP contribution in [-0.2, 0) is 6.42 Å². The molecule has 2 aliphatic heterocycles. The first-order chi connectivity index (χ1) is 11.7. The number of rotatable bonds is 7. The Labute approximate surface area is 146 Å². The van der Waals surface area contributed by atoms with E-state index in [0.717, 1.165) is 38.5 Å². The Morgan fingerprint density at radius 2 is 1.67 bits per heavy atom. The van der Waals surface area contributed by atoms with Crippen molar-refractivity contribution < 1.29 is 10.2 Å². The lowest BCUT2D eigenvalue weighted by atomic mass is 9.90. The number of aliphatic hydroxyl groups is 2. The Bertz CT molecular complexity index is 474. The molecule has 2 saturated heterocycles. The highest BCUT2D eigenvalue weighted by molar-refractivity contribution is 5.15. The molecule has 0 amide bonds. The Balaban J connectivity index is 1.30. The molecule has 24 heavy (non-hydrogen) atoms. The molecule has 0 saturated carbocycles. The van der Waals surface area contributed by atoms with Crippen molar-refractivity contribution in [1.82, 2.24) is 9.80 Å². The maximum absolute atomic E-state index is 9.85. The minimum absolute atomic E-state index is 0.0544. The predicted octanol–water partition coefficient (Wildman–Crippen LogP) is 1.62. The fourth-order valence-corrected chi connectivity index (χ4v) is 4.18. The molecule has 2 unspecified atom stereocenters. The average molecular weight is 332 g/mol. The van der Waals surface area contributed by atoms with Crippen molar-refractivity contribution in [2.45, 2.75) is 31.8 Å². The second kappa shape index (κ2) is 8.95. The molecule has 134 valence electrons. The highest BCUT2D eigenvalue weighted by Crippen LogP contribution is 2.22. The molecule has 0 radical (unpaired) electrons. The summed E-state index contributed by atoms with van der Waals surface area (Å²) in [6.45, 7) is 6.32. The summed E-state index contributed by atoms with van der Waals surface area (Å²) >= 11 is 0. The molecule has 2 heterocycles. The minimum Gasteiger partial charge on any atom is -0.396 e. The summed E-state index contributed by atoms with van der Waals surface area (Å²) in [6, 6.07) is 10.9. The van der Waals surface area contributed by atoms with E-state index < -0.39 is 0 Å². The molecule has 2 N–H and O–H groups in total. The summed E-state index contributed by atoms with van der Waals surface area (Å²) in [6.07, 6.45) is 4.66. The predicted molar refractivity (Wildman–Crippen MR) is 96.9 cm³/mol. The number of benzene rings is 1. The summed E-state index contributed by atoms with van der Waals surface area (Å²) in [5, 5.41) is 19.1. The monoisotopic (exact) mass is 332 g/mol. The zero-order valence-electron chi connectivity index (χ0n) is 14.7. The lowest BCUT2D eigenvalue weighted by molar-refractivity contribution is 0.103. The van der Waals surface area contributed by atoms with Crippen LogP contribution < -0.4 is 0 Å². The number of nitrogens with zero attached hydrogens (tertiary/aromatic N) is 2. The highest BCUT2D eigenvalue weighted by atomic mass is 16.3. The molecular weight excluding hydrogens is 300 g/mol. The standard InChI is InChI=1S/C20H32N2O2/c23-16-19-14-22(15-20(19)24)10-4-9-21-11-7-18(8-12-21)13-17-5-2-1-3-6-17/h1-3,5-6,18-20,23-24H,4,7-16H2. The Hall–Kier alpha value is -0.940. The first-order valence-electron chi connectivity index (χ1n) is 9.52. The molecule has 1 aromatic carbocycles. The number of hydrogen-bond donors (Lipinski definition) is 2. The number of piperidine rings is 1. The number of hydrogen-bond acceptors (Lipinski definition) is 4. The number of likely N-dealkylation sites (tertiary alicyclic amines) is 2. The quantitative estimate of drug-likeness (QED) is 0.796. The van der Waals surface area contributed by atoms with E-state index in [2.05, 4.69) is 40.1 Å². The third-order valence-corrected chi connectivity index (χ3v) is 5.74. The Kier molecular flexibility index (Phi) is 6.67. The van der Waals surface area contributed by atoms with Crippen LogP contribution >= 0.6 is 0 Å². The minimum atomic E-state index is -0.344. The number of aliphatic hydroxyl groups excluding tert-OH is 2. The molecule has 0 aromatic heterocycles. The van der Waals surface area contributed by atoms with Crippen LogP contribution in [0.4, 0.5) is 0 Å². The van der Waals surface area contributed by atoms with Crippen LogP contribution in [0.25, 0.3) is 0 Å². The van der Waals surface area contributed by atoms with Gasteiger partial charge in [-0.3, -0.25) is 0 Å². The number of β-amino-alcohol motifs (C(OH)–C–C–N with tert-alkyl or cyclic N) is 1. The summed E-state index contributed by atoms with van der Waals surface area (Å²) in [7, 11) is 0. The van der Waals surface area contributed by atoms with E-state index in [-0.39, 0.29) is 18.6 Å². The van der Waals surface area contributed by atoms with Gasteiger partial charge in [0.1, 0.15) is 0 Å². The molecular formula is C20H32N2O2. The van der Waals surface area contributed by atoms with Gasteiger partial charge in [0, 0.05) is 25.6 Å². The zero-order chi connectivity index (χ0) is 16.8. The molecule has 2 atom stereocenters. The fraction of sp³-hybridized carbons (Fsp3) is 0.700. The molecule has 0 aliphatic carbocycles. The molecule has 3 rings (SSSR count). The Morgan fingerprint density at radius 3 is 2.33 bits per heavy atom. The van der Waals surface area contributed by atoms with E-state index in [1.165, 1.54) is 37.9 Å². The molecule has 4 heteroatoms. The summed E-state index contributed by atoms with van der Waals surface area (Å²) in [5.74, 6) is 0.890. The lowest BCUT2D eigenvalue weighted by Gasteiger charge is -2.32. The van der Waals surface area contributed by atoms with Crippen LogP contribution in [0, 0.1) is 11.8 Å². The van der Waals surface area contributed by atoms with Crippen molar-refractivity contribution >= 4 is 0 Å². The second-order valence-corrected chi connectivity index (χ2v) is 7.60. The van der Waals surface area contributed by atoms with Crippen LogP contribution in [-0.4, -0.2) is 72.0 Å². The van der Waals surface area contributed by atoms with E-state index in [9.17, 15) is 10.2 Å². The summed E-state index contributed by atoms with van der Waals surface area (Å²) in [5.41, 5.74) is 1.47. The smallest absolute Gasteiger partial charge is 0.0729 e. The van der Waals surface area contributed by atoms with Gasteiger partial charge >= 0.3 is 0 Å². The third kappa shape index (κ3) is 5.03. The van der Waals surface area contributed by atoms with Gasteiger partial charge in [-0.05, 0) is 63.3 Å². The van der Waals surface area contributed by atoms with Gasteiger partial charge < -0.3 is 20.0 Å². The van der Waals surface area contributed by atoms with Gasteiger partial charge in [0.2, 0.25) is 0 Å². The third-order valence-electron chi connectivity index (χ3n) is 5.74. The van der Waals surface area contributed by atoms with E-state index in [1.54, 1.807) is 0 Å². The SMILES string of the molecule is OCC1CN(CCCN2CCC(Cc3ccccc3)CC2)CC1O. The summed E-state index contributed by atoms with van der Waals surface area (Å²) < 4.78 is 0. The van der Waals surface area contributed by atoms with Gasteiger partial charge in [0.15, 0.2) is 0 Å². The van der Waals surface area contributed by atoms with Crippen molar-refractivity contribution in [3.8, 4) is 0 Å². The van der Waals surface area contributed by atoms with Gasteiger partial charge in [-0.25, -0.2) is 0 Å². The van der Waals surface area contributed by atoms with E-state index >= 15 is 0 Å². The first-order valence-corrected chi connectivity index (χ1v) is 9.52. The van der Waals surface area contributed by atoms with E-state index in [0.29, 0.717) is 0 Å². The van der Waals surface area contributed by atoms with Crippen molar-refractivity contribution in [3.05, 3.63) is 35.9 Å². The molecule has 0 spiro atoms. The van der Waals surface area contributed by atoms with Crippen molar-refractivity contribution in [2.75, 3.05) is 45.9 Å². The van der Waals surface area contributed by atoms with Crippen molar-refractivity contribution in [3.63, 3.8) is 0 Å². The van der Waals surface area contributed by atoms with Crippen LogP contribution in [0.3, 0.4) is 0 Å². The topological polar surface area (TPSA) is 46.9 Å². The van der Waals surface area contributed by atoms with Crippen LogP contribution in [0.15, 0.2) is 30.3 Å². The summed E-state index contributed by atoms with van der Waals surface area (Å²) in [4.78, 5) is 4.89. The maximum Gasteiger partial charge on any atom is 0.0729 e.